The number of Topliss-reactive ketones (excluding diaryl/α,β-unsaturated/α-hetero) is 2. The van der Waals surface area contributed by atoms with Crippen LogP contribution in [0.1, 0.15) is 48.7 Å². The molecule has 2 aromatic rings. The molecule has 1 aliphatic rings. The third kappa shape index (κ3) is 4.44. The van der Waals surface area contributed by atoms with Crippen LogP contribution in [0.3, 0.4) is 0 Å². The van der Waals surface area contributed by atoms with Gasteiger partial charge in [0.15, 0.2) is 11.6 Å². The number of ketones is 2. The van der Waals surface area contributed by atoms with Gasteiger partial charge in [0.25, 0.3) is 11.8 Å². The maximum Gasteiger partial charge on any atom is 0.273 e. The van der Waals surface area contributed by atoms with E-state index >= 15 is 0 Å². The first kappa shape index (κ1) is 23.2. The SMILES string of the molecule is CCC(F)(F)c1cccc(CC(=O)C2C(=O)N(c3ccc(OC)cc3C(C)=O)N=C2C)c1. The molecule has 0 saturated carbocycles. The number of nitrogens with zero attached hydrogens (tertiary/aromatic N) is 2. The summed E-state index contributed by atoms with van der Waals surface area (Å²) < 4.78 is 33.2. The molecule has 0 aromatic heterocycles. The van der Waals surface area contributed by atoms with Gasteiger partial charge in [0.2, 0.25) is 0 Å². The lowest BCUT2D eigenvalue weighted by Gasteiger charge is -2.18. The molecule has 1 heterocycles. The van der Waals surface area contributed by atoms with Crippen molar-refractivity contribution in [2.75, 3.05) is 12.1 Å². The van der Waals surface area contributed by atoms with E-state index in [-0.39, 0.29) is 41.2 Å². The Hall–Kier alpha value is -3.42. The van der Waals surface area contributed by atoms with Crippen molar-refractivity contribution in [3.8, 4) is 5.75 Å². The van der Waals surface area contributed by atoms with Crippen LogP contribution in [0.2, 0.25) is 0 Å². The van der Waals surface area contributed by atoms with Gasteiger partial charge in [-0.15, -0.1) is 0 Å². The Morgan fingerprint density at radius 2 is 1.91 bits per heavy atom. The number of hydrogen-bond donors (Lipinski definition) is 0. The minimum Gasteiger partial charge on any atom is -0.497 e. The number of carbonyl (C=O) groups excluding carboxylic acids is 3. The second-order valence-corrected chi connectivity index (χ2v) is 7.67. The lowest BCUT2D eigenvalue weighted by atomic mass is 9.92. The van der Waals surface area contributed by atoms with E-state index in [1.807, 2.05) is 0 Å². The molecule has 1 amide bonds. The molecule has 3 rings (SSSR count). The molecule has 0 aliphatic carbocycles. The first-order chi connectivity index (χ1) is 15.1. The Balaban J connectivity index is 1.86. The van der Waals surface area contributed by atoms with Crippen LogP contribution in [-0.4, -0.2) is 30.3 Å². The number of hydrogen-bond acceptors (Lipinski definition) is 5. The molecule has 2 aromatic carbocycles. The molecule has 0 bridgehead atoms. The fraction of sp³-hybridized carbons (Fsp3) is 0.333. The number of amides is 1. The van der Waals surface area contributed by atoms with E-state index in [1.165, 1.54) is 51.3 Å². The highest BCUT2D eigenvalue weighted by atomic mass is 19.3. The smallest absolute Gasteiger partial charge is 0.273 e. The number of halogens is 2. The van der Waals surface area contributed by atoms with Gasteiger partial charge in [-0.3, -0.25) is 14.4 Å². The maximum atomic E-state index is 14.0. The van der Waals surface area contributed by atoms with E-state index in [0.29, 0.717) is 11.3 Å². The summed E-state index contributed by atoms with van der Waals surface area (Å²) in [7, 11) is 1.46. The lowest BCUT2D eigenvalue weighted by Crippen LogP contribution is -2.34. The molecule has 1 atom stereocenters. The van der Waals surface area contributed by atoms with Crippen molar-refractivity contribution in [3.63, 3.8) is 0 Å². The predicted molar refractivity (Wildman–Crippen MR) is 116 cm³/mol. The van der Waals surface area contributed by atoms with Crippen molar-refractivity contribution in [2.24, 2.45) is 11.0 Å². The Bertz CT molecular complexity index is 1110. The molecule has 1 aliphatic heterocycles. The molecule has 32 heavy (non-hydrogen) atoms. The number of benzene rings is 2. The summed E-state index contributed by atoms with van der Waals surface area (Å²) in [6.45, 7) is 4.30. The van der Waals surface area contributed by atoms with Gasteiger partial charge in [-0.1, -0.05) is 25.1 Å². The van der Waals surface area contributed by atoms with Crippen LogP contribution >= 0.6 is 0 Å². The fourth-order valence-electron chi connectivity index (χ4n) is 3.63. The molecular formula is C24H24F2N2O4. The van der Waals surface area contributed by atoms with Gasteiger partial charge in [-0.05, 0) is 43.7 Å². The van der Waals surface area contributed by atoms with E-state index in [1.54, 1.807) is 19.1 Å². The quantitative estimate of drug-likeness (QED) is 0.444. The minimum absolute atomic E-state index is 0.167. The monoisotopic (exact) mass is 442 g/mol. The Labute approximate surface area is 184 Å². The van der Waals surface area contributed by atoms with Crippen molar-refractivity contribution >= 4 is 28.9 Å². The number of ether oxygens (including phenoxy) is 1. The van der Waals surface area contributed by atoms with Crippen molar-refractivity contribution in [1.29, 1.82) is 0 Å². The Morgan fingerprint density at radius 1 is 1.19 bits per heavy atom. The van der Waals surface area contributed by atoms with E-state index in [9.17, 15) is 23.2 Å². The zero-order chi connectivity index (χ0) is 23.6. The number of hydrazone groups is 1. The van der Waals surface area contributed by atoms with Gasteiger partial charge >= 0.3 is 0 Å². The van der Waals surface area contributed by atoms with Crippen LogP contribution < -0.4 is 9.75 Å². The Kier molecular flexibility index (Phi) is 6.52. The Morgan fingerprint density at radius 3 is 2.53 bits per heavy atom. The van der Waals surface area contributed by atoms with Crippen molar-refractivity contribution in [3.05, 3.63) is 59.2 Å². The summed E-state index contributed by atoms with van der Waals surface area (Å²) >= 11 is 0. The third-order valence-corrected chi connectivity index (χ3v) is 5.44. The zero-order valence-electron chi connectivity index (χ0n) is 18.3. The highest BCUT2D eigenvalue weighted by Crippen LogP contribution is 2.33. The van der Waals surface area contributed by atoms with Crippen molar-refractivity contribution in [2.45, 2.75) is 39.5 Å². The van der Waals surface area contributed by atoms with Crippen LogP contribution in [0.4, 0.5) is 14.5 Å². The van der Waals surface area contributed by atoms with Gasteiger partial charge in [-0.25, -0.2) is 8.78 Å². The third-order valence-electron chi connectivity index (χ3n) is 5.44. The molecule has 0 radical (unpaired) electrons. The number of methoxy groups -OCH3 is 1. The predicted octanol–water partition coefficient (Wildman–Crippen LogP) is 4.55. The minimum atomic E-state index is -2.99. The molecular weight excluding hydrogens is 418 g/mol. The number of carbonyl (C=O) groups is 3. The molecule has 168 valence electrons. The van der Waals surface area contributed by atoms with E-state index in [0.717, 1.165) is 5.01 Å². The van der Waals surface area contributed by atoms with E-state index < -0.39 is 23.5 Å². The first-order valence-corrected chi connectivity index (χ1v) is 10.2. The van der Waals surface area contributed by atoms with Gasteiger partial charge in [0.1, 0.15) is 11.7 Å². The molecule has 1 unspecified atom stereocenters. The number of anilines is 1. The average molecular weight is 442 g/mol. The molecule has 6 nitrogen and oxygen atoms in total. The topological polar surface area (TPSA) is 76.0 Å². The molecule has 0 N–H and O–H groups in total. The summed E-state index contributed by atoms with van der Waals surface area (Å²) in [5, 5.41) is 5.27. The summed E-state index contributed by atoms with van der Waals surface area (Å²) in [5.41, 5.74) is 0.993. The normalized spacial score (nSPS) is 16.2. The summed E-state index contributed by atoms with van der Waals surface area (Å²) in [6.07, 6.45) is -0.542. The molecule has 0 fully saturated rings. The second kappa shape index (κ2) is 8.98. The molecule has 0 spiro atoms. The number of rotatable bonds is 8. The van der Waals surface area contributed by atoms with Gasteiger partial charge in [0, 0.05) is 24.0 Å². The van der Waals surface area contributed by atoms with Gasteiger partial charge < -0.3 is 4.74 Å². The highest BCUT2D eigenvalue weighted by molar-refractivity contribution is 6.27. The van der Waals surface area contributed by atoms with Crippen molar-refractivity contribution < 1.29 is 27.9 Å². The lowest BCUT2D eigenvalue weighted by molar-refractivity contribution is -0.128. The summed E-state index contributed by atoms with van der Waals surface area (Å²) in [4.78, 5) is 38.1. The van der Waals surface area contributed by atoms with Gasteiger partial charge in [0.05, 0.1) is 18.5 Å². The first-order valence-electron chi connectivity index (χ1n) is 10.2. The van der Waals surface area contributed by atoms with E-state index in [2.05, 4.69) is 5.10 Å². The fourth-order valence-corrected chi connectivity index (χ4v) is 3.63. The standard InChI is InChI=1S/C24H24F2N2O4/c1-5-24(25,26)17-8-6-7-16(11-17)12-21(30)22-14(2)27-28(23(22)31)20-10-9-18(32-4)13-19(20)15(3)29/h6-11,13,22H,5,12H2,1-4H3. The van der Waals surface area contributed by atoms with Crippen LogP contribution in [0.25, 0.3) is 0 Å². The van der Waals surface area contributed by atoms with E-state index in [4.69, 9.17) is 4.74 Å². The second-order valence-electron chi connectivity index (χ2n) is 7.67. The van der Waals surface area contributed by atoms with Gasteiger partial charge in [-0.2, -0.15) is 10.1 Å². The van der Waals surface area contributed by atoms with Crippen molar-refractivity contribution in [1.82, 2.24) is 0 Å². The van der Waals surface area contributed by atoms with Crippen LogP contribution in [0.15, 0.2) is 47.6 Å². The zero-order valence-corrected chi connectivity index (χ0v) is 18.3. The van der Waals surface area contributed by atoms with Crippen LogP contribution in [0.5, 0.6) is 5.75 Å². The highest BCUT2D eigenvalue weighted by Gasteiger charge is 2.40. The maximum absolute atomic E-state index is 14.0. The molecule has 8 heteroatoms. The summed E-state index contributed by atoms with van der Waals surface area (Å²) in [5.74, 6) is -5.02. The number of alkyl halides is 2. The largest absolute Gasteiger partial charge is 0.497 e. The van der Waals surface area contributed by atoms with Crippen LogP contribution in [0, 0.1) is 5.92 Å². The van der Waals surface area contributed by atoms with Crippen LogP contribution in [-0.2, 0) is 21.9 Å². The summed E-state index contributed by atoms with van der Waals surface area (Å²) in [6, 6.07) is 10.3. The average Bonchev–Trinajstić information content (AvgIpc) is 3.07. The molecule has 0 saturated heterocycles.